The molecule has 1 aliphatic heterocycles. The molecule has 1 fully saturated rings. The van der Waals surface area contributed by atoms with Gasteiger partial charge in [0.1, 0.15) is 11.2 Å². The Morgan fingerprint density at radius 1 is 1.35 bits per heavy atom. The molecule has 4 rings (SSSR count). The maximum absolute atomic E-state index is 12.5. The van der Waals surface area contributed by atoms with E-state index in [4.69, 9.17) is 9.15 Å². The number of aryl methyl sites for hydroxylation is 1. The summed E-state index contributed by atoms with van der Waals surface area (Å²) in [5.41, 5.74) is 0.195. The second-order valence-electron chi connectivity index (χ2n) is 6.55. The first-order valence-corrected chi connectivity index (χ1v) is 9.24. The number of rotatable bonds is 3. The van der Waals surface area contributed by atoms with Gasteiger partial charge in [-0.05, 0) is 38.8 Å². The second-order valence-corrected chi connectivity index (χ2v) is 7.75. The number of para-hydroxylation sites is 1. The van der Waals surface area contributed by atoms with Gasteiger partial charge in [0.2, 0.25) is 0 Å². The van der Waals surface area contributed by atoms with Gasteiger partial charge in [-0.3, -0.25) is 10.1 Å². The molecule has 1 aliphatic rings. The van der Waals surface area contributed by atoms with Crippen LogP contribution in [-0.4, -0.2) is 23.1 Å². The standard InChI is InChI=1S/C19H18N2O4S/c1-11-15(13-10-12-6-3-4-7-14(12)25-16(13)22)20-18(26-11)21-17(23)19(2)8-5-9-24-19/h3-4,6-7,10H,5,8-9H2,1-2H3,(H,20,21,23)/t19-/m0/s1. The van der Waals surface area contributed by atoms with Crippen molar-refractivity contribution in [1.29, 1.82) is 0 Å². The number of nitrogens with one attached hydrogen (secondary N) is 1. The molecular formula is C19H18N2O4S. The number of carbonyl (C=O) groups is 1. The highest BCUT2D eigenvalue weighted by molar-refractivity contribution is 7.16. The van der Waals surface area contributed by atoms with Gasteiger partial charge < -0.3 is 9.15 Å². The van der Waals surface area contributed by atoms with Gasteiger partial charge in [0.05, 0.1) is 11.3 Å². The number of nitrogens with zero attached hydrogens (tertiary/aromatic N) is 1. The van der Waals surface area contributed by atoms with Gasteiger partial charge in [-0.15, -0.1) is 11.3 Å². The smallest absolute Gasteiger partial charge is 0.345 e. The Bertz CT molecular complexity index is 1050. The molecule has 0 unspecified atom stereocenters. The Kier molecular flexibility index (Phi) is 4.13. The first kappa shape index (κ1) is 16.9. The van der Waals surface area contributed by atoms with E-state index in [0.29, 0.717) is 35.0 Å². The van der Waals surface area contributed by atoms with Crippen LogP contribution in [0.1, 0.15) is 24.6 Å². The molecule has 3 heterocycles. The van der Waals surface area contributed by atoms with E-state index in [1.165, 1.54) is 11.3 Å². The number of carbonyl (C=O) groups excluding carboxylic acids is 1. The molecule has 0 bridgehead atoms. The first-order valence-electron chi connectivity index (χ1n) is 8.42. The van der Waals surface area contributed by atoms with E-state index in [0.717, 1.165) is 16.7 Å². The van der Waals surface area contributed by atoms with Crippen LogP contribution in [0.2, 0.25) is 0 Å². The molecule has 1 N–H and O–H groups in total. The summed E-state index contributed by atoms with van der Waals surface area (Å²) in [6, 6.07) is 9.11. The Labute approximate surface area is 153 Å². The van der Waals surface area contributed by atoms with Crippen LogP contribution in [0.15, 0.2) is 39.5 Å². The monoisotopic (exact) mass is 370 g/mol. The molecule has 2 aromatic heterocycles. The molecule has 0 radical (unpaired) electrons. The first-order chi connectivity index (χ1) is 12.5. The average Bonchev–Trinajstić information content (AvgIpc) is 3.21. The van der Waals surface area contributed by atoms with Gasteiger partial charge in [0.25, 0.3) is 5.91 Å². The minimum Gasteiger partial charge on any atom is -0.422 e. The van der Waals surface area contributed by atoms with Crippen LogP contribution in [-0.2, 0) is 9.53 Å². The molecule has 134 valence electrons. The minimum atomic E-state index is -0.818. The van der Waals surface area contributed by atoms with E-state index < -0.39 is 11.2 Å². The molecule has 0 spiro atoms. The van der Waals surface area contributed by atoms with Crippen LogP contribution in [0.4, 0.5) is 5.13 Å². The van der Waals surface area contributed by atoms with Crippen molar-refractivity contribution < 1.29 is 13.9 Å². The van der Waals surface area contributed by atoms with Crippen LogP contribution in [0, 0.1) is 6.92 Å². The summed E-state index contributed by atoms with van der Waals surface area (Å²) in [6.45, 7) is 4.24. The summed E-state index contributed by atoms with van der Waals surface area (Å²) < 4.78 is 11.0. The fourth-order valence-electron chi connectivity index (χ4n) is 3.11. The van der Waals surface area contributed by atoms with Crippen LogP contribution < -0.4 is 10.9 Å². The molecule has 0 saturated carbocycles. The van der Waals surface area contributed by atoms with E-state index in [1.807, 2.05) is 25.1 Å². The topological polar surface area (TPSA) is 81.4 Å². The zero-order chi connectivity index (χ0) is 18.3. The van der Waals surface area contributed by atoms with E-state index in [-0.39, 0.29) is 5.91 Å². The van der Waals surface area contributed by atoms with Crippen molar-refractivity contribution in [3.8, 4) is 11.3 Å². The summed E-state index contributed by atoms with van der Waals surface area (Å²) in [5, 5.41) is 4.10. The van der Waals surface area contributed by atoms with Crippen LogP contribution >= 0.6 is 11.3 Å². The van der Waals surface area contributed by atoms with E-state index in [2.05, 4.69) is 10.3 Å². The Morgan fingerprint density at radius 2 is 2.15 bits per heavy atom. The summed E-state index contributed by atoms with van der Waals surface area (Å²) in [5.74, 6) is -0.208. The van der Waals surface area contributed by atoms with Gasteiger partial charge in [-0.2, -0.15) is 0 Å². The number of hydrogen-bond acceptors (Lipinski definition) is 6. The number of hydrogen-bond donors (Lipinski definition) is 1. The third-order valence-corrected chi connectivity index (χ3v) is 5.50. The lowest BCUT2D eigenvalue weighted by Crippen LogP contribution is -2.39. The van der Waals surface area contributed by atoms with Gasteiger partial charge in [0, 0.05) is 16.9 Å². The summed E-state index contributed by atoms with van der Waals surface area (Å²) in [4.78, 5) is 30.1. The lowest BCUT2D eigenvalue weighted by molar-refractivity contribution is -0.133. The molecule has 1 amide bonds. The van der Waals surface area contributed by atoms with Crippen molar-refractivity contribution in [3.63, 3.8) is 0 Å². The lowest BCUT2D eigenvalue weighted by atomic mass is 10.0. The van der Waals surface area contributed by atoms with Crippen LogP contribution in [0.25, 0.3) is 22.2 Å². The number of amides is 1. The molecule has 3 aromatic rings. The third kappa shape index (κ3) is 2.93. The van der Waals surface area contributed by atoms with Crippen molar-refractivity contribution in [2.75, 3.05) is 11.9 Å². The lowest BCUT2D eigenvalue weighted by Gasteiger charge is -2.20. The molecule has 1 aromatic carbocycles. The molecular weight excluding hydrogens is 352 g/mol. The van der Waals surface area contributed by atoms with Crippen molar-refractivity contribution >= 4 is 33.3 Å². The SMILES string of the molecule is Cc1sc(NC(=O)[C@]2(C)CCCO2)nc1-c1cc2ccccc2oc1=O. The Balaban J connectivity index is 1.68. The molecule has 0 aliphatic carbocycles. The Hall–Kier alpha value is -2.51. The predicted molar refractivity (Wildman–Crippen MR) is 101 cm³/mol. The van der Waals surface area contributed by atoms with Crippen molar-refractivity contribution in [1.82, 2.24) is 4.98 Å². The average molecular weight is 370 g/mol. The largest absolute Gasteiger partial charge is 0.422 e. The van der Waals surface area contributed by atoms with Gasteiger partial charge >= 0.3 is 5.63 Å². The van der Waals surface area contributed by atoms with E-state index >= 15 is 0 Å². The fourth-order valence-corrected chi connectivity index (χ4v) is 3.94. The highest BCUT2D eigenvalue weighted by Crippen LogP contribution is 2.32. The summed E-state index contributed by atoms with van der Waals surface area (Å²) in [7, 11) is 0. The molecule has 6 nitrogen and oxygen atoms in total. The molecule has 26 heavy (non-hydrogen) atoms. The van der Waals surface area contributed by atoms with Gasteiger partial charge in [-0.25, -0.2) is 9.78 Å². The number of fused-ring (bicyclic) bond motifs is 1. The summed E-state index contributed by atoms with van der Waals surface area (Å²) >= 11 is 1.33. The maximum Gasteiger partial charge on any atom is 0.345 e. The highest BCUT2D eigenvalue weighted by atomic mass is 32.1. The maximum atomic E-state index is 12.5. The molecule has 1 atom stereocenters. The van der Waals surface area contributed by atoms with Crippen molar-refractivity contribution in [3.05, 3.63) is 45.6 Å². The van der Waals surface area contributed by atoms with E-state index in [9.17, 15) is 9.59 Å². The normalized spacial score (nSPS) is 19.8. The second kappa shape index (κ2) is 6.34. The number of anilines is 1. The van der Waals surface area contributed by atoms with Crippen molar-refractivity contribution in [2.45, 2.75) is 32.3 Å². The van der Waals surface area contributed by atoms with Crippen molar-refractivity contribution in [2.24, 2.45) is 0 Å². The zero-order valence-electron chi connectivity index (χ0n) is 14.5. The number of thiazole rings is 1. The predicted octanol–water partition coefficient (Wildman–Crippen LogP) is 3.73. The number of ether oxygens (including phenoxy) is 1. The zero-order valence-corrected chi connectivity index (χ0v) is 15.3. The number of benzene rings is 1. The minimum absolute atomic E-state index is 0.208. The molecule has 1 saturated heterocycles. The summed E-state index contributed by atoms with van der Waals surface area (Å²) in [6.07, 6.45) is 1.55. The number of aromatic nitrogens is 1. The van der Waals surface area contributed by atoms with Crippen LogP contribution in [0.3, 0.4) is 0 Å². The van der Waals surface area contributed by atoms with Gasteiger partial charge in [0.15, 0.2) is 5.13 Å². The van der Waals surface area contributed by atoms with Gasteiger partial charge in [-0.1, -0.05) is 18.2 Å². The molecule has 7 heteroatoms. The fraction of sp³-hybridized carbons (Fsp3) is 0.316. The van der Waals surface area contributed by atoms with Crippen LogP contribution in [0.5, 0.6) is 0 Å². The highest BCUT2D eigenvalue weighted by Gasteiger charge is 2.38. The quantitative estimate of drug-likeness (QED) is 0.711. The Morgan fingerprint density at radius 3 is 2.92 bits per heavy atom. The van der Waals surface area contributed by atoms with E-state index in [1.54, 1.807) is 19.1 Å². The third-order valence-electron chi connectivity index (χ3n) is 4.61.